The quantitative estimate of drug-likeness (QED) is 0.567. The van der Waals surface area contributed by atoms with Gasteiger partial charge < -0.3 is 4.98 Å². The van der Waals surface area contributed by atoms with Crippen LogP contribution in [-0.2, 0) is 11.8 Å². The molecule has 50 valence electrons. The van der Waals surface area contributed by atoms with E-state index in [9.17, 15) is 0 Å². The number of H-pyrrole nitrogens is 1. The van der Waals surface area contributed by atoms with Crippen molar-refractivity contribution in [3.05, 3.63) is 24.0 Å². The summed E-state index contributed by atoms with van der Waals surface area (Å²) in [5, 5.41) is 0. The van der Waals surface area contributed by atoms with Gasteiger partial charge in [0.25, 0.3) is 0 Å². The normalized spacial score (nSPS) is 9.78. The second-order valence-corrected chi connectivity index (χ2v) is 5.50. The van der Waals surface area contributed by atoms with Crippen molar-refractivity contribution < 1.29 is 1.41 Å². The van der Waals surface area contributed by atoms with Crippen LogP contribution in [0.2, 0.25) is 1.41 Å². The zero-order valence-electron chi connectivity index (χ0n) is 5.91. The van der Waals surface area contributed by atoms with Crippen molar-refractivity contribution in [2.75, 3.05) is 0 Å². The Morgan fingerprint density at radius 2 is 2.56 bits per heavy atom. The topological polar surface area (TPSA) is 15.8 Å². The predicted octanol–water partition coefficient (Wildman–Crippen LogP) is 3.07. The monoisotopic (exact) mass is 273 g/mol. The maximum atomic E-state index is 6.93. The van der Waals surface area contributed by atoms with Gasteiger partial charge in [0.15, 0.2) is 1.41 Å². The first kappa shape index (κ1) is 7.63. The molecule has 1 rings (SSSR count). The van der Waals surface area contributed by atoms with Gasteiger partial charge in [0.2, 0.25) is 0 Å². The molecule has 0 aliphatic heterocycles. The Morgan fingerprint density at radius 3 is 2.67 bits per heavy atom. The van der Waals surface area contributed by atoms with Crippen molar-refractivity contribution in [2.24, 2.45) is 0 Å². The summed E-state index contributed by atoms with van der Waals surface area (Å²) < 4.78 is 6.93. The number of hydrogen-bond acceptors (Lipinski definition) is 1. The third kappa shape index (κ3) is 6.41. The number of halogens is 1. The molecule has 4 heteroatoms. The largest absolute Gasteiger partial charge is 0.367 e. The van der Waals surface area contributed by atoms with E-state index in [1.54, 1.807) is 12.4 Å². The highest BCUT2D eigenvalue weighted by molar-refractivity contribution is 14.2. The van der Waals surface area contributed by atoms with Gasteiger partial charge in [-0.3, -0.25) is 0 Å². The van der Waals surface area contributed by atoms with Crippen molar-refractivity contribution in [1.82, 2.24) is 4.98 Å². The Morgan fingerprint density at radius 1 is 2.00 bits per heavy atom. The zero-order valence-corrected chi connectivity index (χ0v) is 8.78. The van der Waals surface area contributed by atoms with Crippen LogP contribution < -0.4 is 0 Å². The fourth-order valence-corrected chi connectivity index (χ4v) is 0.364. The summed E-state index contributed by atoms with van der Waals surface area (Å²) in [6.07, 6.45) is 3.45. The van der Waals surface area contributed by atoms with Crippen LogP contribution >= 0.6 is 27.0 Å². The smallest absolute Gasteiger partial charge is 0.165 e. The molecule has 0 spiro atoms. The summed E-state index contributed by atoms with van der Waals surface area (Å²) in [4.78, 5) is 2.26. The van der Waals surface area contributed by atoms with Crippen LogP contribution in [0, 0.1) is 6.92 Å². The standard InChI is InChI=1S/C5H7N.IPS/c1-5-2-3-6-4-5;1-2-3/h2-4,6H,1H3;/i/hT. The highest BCUT2D eigenvalue weighted by atomic mass is 127. The van der Waals surface area contributed by atoms with Gasteiger partial charge in [-0.25, -0.2) is 0 Å². The Labute approximate surface area is 76.0 Å². The summed E-state index contributed by atoms with van der Waals surface area (Å²) in [5.74, 6) is 0. The summed E-state index contributed by atoms with van der Waals surface area (Å²) in [6, 6.07) is 1.90. The Balaban J connectivity index is 0.000000236. The molecule has 0 saturated carbocycles. The number of hydrogen-bond donors (Lipinski definition) is 1. The van der Waals surface area contributed by atoms with E-state index in [1.165, 1.54) is 4.98 Å². The highest BCUT2D eigenvalue weighted by Gasteiger charge is 1.73. The SMILES string of the molecule is S=PI.[3H]n1ccc(C)c1. The lowest BCUT2D eigenvalue weighted by molar-refractivity contribution is 1.39. The van der Waals surface area contributed by atoms with Gasteiger partial charge in [0.1, 0.15) is 0 Å². The third-order valence-corrected chi connectivity index (χ3v) is 0.702. The summed E-state index contributed by atoms with van der Waals surface area (Å²) in [5.41, 5.74) is 1.13. The molecule has 1 aromatic rings. The molecule has 0 radical (unpaired) electrons. The first-order chi connectivity index (χ1) is 4.70. The number of rotatable bonds is 0. The van der Waals surface area contributed by atoms with Crippen LogP contribution in [-0.4, -0.2) is 4.98 Å². The molecular weight excluding hydrogens is 264 g/mol. The molecular formula is C5H7INPS. The minimum absolute atomic E-state index is 0.970. The van der Waals surface area contributed by atoms with Crippen molar-refractivity contribution in [3.63, 3.8) is 0 Å². The predicted molar refractivity (Wildman–Crippen MR) is 53.8 cm³/mol. The zero-order chi connectivity index (χ0) is 7.98. The van der Waals surface area contributed by atoms with Crippen molar-refractivity contribution >= 4 is 38.8 Å². The van der Waals surface area contributed by atoms with E-state index >= 15 is 0 Å². The Hall–Kier alpha value is 0.530. The first-order valence-electron chi connectivity index (χ1n) is 2.73. The molecule has 0 aliphatic rings. The molecule has 1 aromatic heterocycles. The van der Waals surface area contributed by atoms with Crippen molar-refractivity contribution in [3.8, 4) is 0 Å². The van der Waals surface area contributed by atoms with Gasteiger partial charge in [-0.15, -0.1) is 0 Å². The van der Waals surface area contributed by atoms with Crippen LogP contribution in [0.15, 0.2) is 18.5 Å². The lowest BCUT2D eigenvalue weighted by Crippen LogP contribution is -1.50. The molecule has 0 fully saturated rings. The van der Waals surface area contributed by atoms with Gasteiger partial charge in [-0.2, -0.15) is 0 Å². The van der Waals surface area contributed by atoms with E-state index in [1.807, 2.05) is 13.0 Å². The fraction of sp³-hybridized carbons (Fsp3) is 0.200. The molecule has 0 bridgehead atoms. The fourth-order valence-electron chi connectivity index (χ4n) is 0.364. The summed E-state index contributed by atoms with van der Waals surface area (Å²) >= 11 is 6.43. The second kappa shape index (κ2) is 6.65. The van der Waals surface area contributed by atoms with E-state index in [4.69, 9.17) is 1.41 Å². The average molecular weight is 273 g/mol. The van der Waals surface area contributed by atoms with E-state index in [-0.39, 0.29) is 0 Å². The van der Waals surface area contributed by atoms with Gasteiger partial charge in [0, 0.05) is 17.4 Å². The lowest BCUT2D eigenvalue weighted by Gasteiger charge is -1.65. The Kier molecular flexibility index (Phi) is 5.64. The van der Waals surface area contributed by atoms with E-state index < -0.39 is 0 Å². The highest BCUT2D eigenvalue weighted by Crippen LogP contribution is 2.00. The Bertz CT molecular complexity index is 187. The molecule has 0 atom stereocenters. The molecule has 0 amide bonds. The molecule has 1 heterocycles. The molecule has 9 heavy (non-hydrogen) atoms. The number of aromatic nitrogens is 1. The van der Waals surface area contributed by atoms with Crippen LogP contribution in [0.3, 0.4) is 0 Å². The third-order valence-electron chi connectivity index (χ3n) is 0.702. The first-order valence-corrected chi connectivity index (χ1v) is 6.97. The van der Waals surface area contributed by atoms with Gasteiger partial charge >= 0.3 is 0 Å². The molecule has 0 aliphatic carbocycles. The maximum absolute atomic E-state index is 6.93. The average Bonchev–Trinajstić information content (AvgIpc) is 2.17. The molecule has 1 nitrogen and oxygen atoms in total. The number of nitrogens with one attached hydrogen (secondary N) is 1. The summed E-state index contributed by atoms with van der Waals surface area (Å²) in [6.45, 7) is 1.96. The number of aryl methyl sites for hydroxylation is 1. The molecule has 0 aromatic carbocycles. The number of aromatic amines is 1. The molecule has 1 N–H and O–H groups in total. The van der Waals surface area contributed by atoms with Crippen molar-refractivity contribution in [2.45, 2.75) is 6.92 Å². The lowest BCUT2D eigenvalue weighted by atomic mass is 10.4. The molecule has 0 saturated heterocycles. The molecule has 0 unspecified atom stereocenters. The minimum Gasteiger partial charge on any atom is -0.367 e. The van der Waals surface area contributed by atoms with Gasteiger partial charge in [-0.05, 0) is 52.4 Å². The summed E-state index contributed by atoms with van der Waals surface area (Å²) in [7, 11) is 0. The maximum Gasteiger partial charge on any atom is 0.165 e. The van der Waals surface area contributed by atoms with Crippen LogP contribution in [0.1, 0.15) is 5.56 Å². The van der Waals surface area contributed by atoms with Gasteiger partial charge in [-0.1, -0.05) is 0 Å². The van der Waals surface area contributed by atoms with Crippen LogP contribution in [0.5, 0.6) is 0 Å². The van der Waals surface area contributed by atoms with Crippen LogP contribution in [0.25, 0.3) is 0 Å². The van der Waals surface area contributed by atoms with E-state index in [0.717, 1.165) is 10.6 Å². The van der Waals surface area contributed by atoms with Crippen LogP contribution in [0.4, 0.5) is 0 Å². The van der Waals surface area contributed by atoms with E-state index in [2.05, 4.69) is 33.8 Å². The van der Waals surface area contributed by atoms with Gasteiger partial charge in [0.05, 0.1) is 0 Å². The van der Waals surface area contributed by atoms with Crippen molar-refractivity contribution in [1.29, 1.82) is 0 Å². The second-order valence-electron chi connectivity index (χ2n) is 1.41. The van der Waals surface area contributed by atoms with E-state index in [0.29, 0.717) is 0 Å². The minimum atomic E-state index is 0.970.